The third kappa shape index (κ3) is 1.61. The lowest BCUT2D eigenvalue weighted by Crippen LogP contribution is -1.91. The highest BCUT2D eigenvalue weighted by Crippen LogP contribution is 2.24. The highest BCUT2D eigenvalue weighted by molar-refractivity contribution is 9.10. The minimum Gasteiger partial charge on any atom is -0.258 e. The third-order valence-corrected chi connectivity index (χ3v) is 1.86. The third-order valence-electron chi connectivity index (χ3n) is 1.24. The fraction of sp³-hybridized carbons (Fsp3) is 0.143. The molecule has 0 heterocycles. The van der Waals surface area contributed by atoms with Crippen LogP contribution in [0.1, 0.15) is 9.68 Å². The molecule has 0 N–H and O–H groups in total. The molecule has 1 rings (SSSR count). The van der Waals surface area contributed by atoms with E-state index in [0.29, 0.717) is 6.07 Å². The summed E-state index contributed by atoms with van der Waals surface area (Å²) in [6, 6.07) is 1.55. The number of rotatable bonds is 1. The Bertz CT molecular complexity index is 398. The zero-order chi connectivity index (χ0) is 11.8. The number of nitrogens with zero attached hydrogens (tertiary/aromatic N) is 1. The van der Waals surface area contributed by atoms with Crippen LogP contribution in [-0.2, 0) is 0 Å². The molecule has 0 unspecified atom stereocenters. The van der Waals surface area contributed by atoms with Gasteiger partial charge >= 0.3 is 0 Å². The molecule has 5 heteroatoms. The first-order valence-corrected chi connectivity index (χ1v) is 3.66. The molecule has 0 aliphatic heterocycles. The van der Waals surface area contributed by atoms with Crippen LogP contribution in [0.4, 0.5) is 10.1 Å². The Morgan fingerprint density at radius 2 is 2.42 bits per heavy atom. The Morgan fingerprint density at radius 1 is 1.75 bits per heavy atom. The number of non-ortho nitro benzene ring substituents is 1. The van der Waals surface area contributed by atoms with Gasteiger partial charge in [-0.15, -0.1) is 0 Å². The average molecular weight is 237 g/mol. The van der Waals surface area contributed by atoms with Crippen LogP contribution in [-0.4, -0.2) is 4.92 Å². The SMILES string of the molecule is [2H]C([2H])([2H])c1c(F)cc([N+](=O)[O-])cc1Br. The predicted molar refractivity (Wildman–Crippen MR) is 45.5 cm³/mol. The van der Waals surface area contributed by atoms with E-state index in [0.717, 1.165) is 6.07 Å². The molecular weight excluding hydrogens is 229 g/mol. The van der Waals surface area contributed by atoms with Crippen LogP contribution in [0.3, 0.4) is 0 Å². The summed E-state index contributed by atoms with van der Waals surface area (Å²) in [6.45, 7) is -2.64. The van der Waals surface area contributed by atoms with Crippen LogP contribution in [0.5, 0.6) is 0 Å². The average Bonchev–Trinajstić information content (AvgIpc) is 1.99. The van der Waals surface area contributed by atoms with Gasteiger partial charge in [0, 0.05) is 14.7 Å². The highest BCUT2D eigenvalue weighted by atomic mass is 79.9. The van der Waals surface area contributed by atoms with Crippen molar-refractivity contribution in [3.05, 3.63) is 38.1 Å². The van der Waals surface area contributed by atoms with Crippen LogP contribution in [0.2, 0.25) is 0 Å². The highest BCUT2D eigenvalue weighted by Gasteiger charge is 2.11. The lowest BCUT2D eigenvalue weighted by Gasteiger charge is -1.98. The summed E-state index contributed by atoms with van der Waals surface area (Å²) in [6.07, 6.45) is 0. The summed E-state index contributed by atoms with van der Waals surface area (Å²) in [7, 11) is 0. The van der Waals surface area contributed by atoms with Gasteiger partial charge in [-0.25, -0.2) is 4.39 Å². The van der Waals surface area contributed by atoms with Gasteiger partial charge in [0.15, 0.2) is 0 Å². The summed E-state index contributed by atoms with van der Waals surface area (Å²) in [5.41, 5.74) is -1.04. The molecule has 1 aromatic carbocycles. The Kier molecular flexibility index (Phi) is 1.50. The summed E-state index contributed by atoms with van der Waals surface area (Å²) >= 11 is 2.80. The maximum atomic E-state index is 13.3. The molecule has 12 heavy (non-hydrogen) atoms. The maximum absolute atomic E-state index is 13.3. The van der Waals surface area contributed by atoms with E-state index >= 15 is 0 Å². The second-order valence-electron chi connectivity index (χ2n) is 2.04. The van der Waals surface area contributed by atoms with Gasteiger partial charge in [-0.05, 0) is 12.4 Å². The minimum absolute atomic E-state index is 0.130. The van der Waals surface area contributed by atoms with Crippen molar-refractivity contribution in [3.63, 3.8) is 0 Å². The van der Waals surface area contributed by atoms with E-state index in [-0.39, 0.29) is 4.47 Å². The first-order valence-electron chi connectivity index (χ1n) is 4.37. The standard InChI is InChI=1S/C7H5BrFNO2/c1-4-6(8)2-5(10(11)12)3-7(4)9/h2-3H,1H3/i1D3. The zero-order valence-corrected chi connectivity index (χ0v) is 7.26. The molecule has 3 nitrogen and oxygen atoms in total. The van der Waals surface area contributed by atoms with E-state index < -0.39 is 28.8 Å². The summed E-state index contributed by atoms with van der Waals surface area (Å²) in [5.74, 6) is -1.11. The number of hydrogen-bond donors (Lipinski definition) is 0. The largest absolute Gasteiger partial charge is 0.273 e. The molecule has 0 saturated heterocycles. The molecule has 64 valence electrons. The van der Waals surface area contributed by atoms with E-state index in [1.54, 1.807) is 0 Å². The lowest BCUT2D eigenvalue weighted by atomic mass is 10.2. The maximum Gasteiger partial charge on any atom is 0.273 e. The molecule has 0 aromatic heterocycles. The fourth-order valence-electron chi connectivity index (χ4n) is 0.665. The normalized spacial score (nSPS) is 14.7. The molecule has 1 aromatic rings. The Labute approximate surface area is 80.7 Å². The van der Waals surface area contributed by atoms with E-state index in [1.165, 1.54) is 0 Å². The van der Waals surface area contributed by atoms with Gasteiger partial charge < -0.3 is 0 Å². The summed E-state index contributed by atoms with van der Waals surface area (Å²) in [5, 5.41) is 10.3. The van der Waals surface area contributed by atoms with Crippen LogP contribution in [0.15, 0.2) is 16.6 Å². The topological polar surface area (TPSA) is 43.1 Å². The predicted octanol–water partition coefficient (Wildman–Crippen LogP) is 2.80. The second kappa shape index (κ2) is 3.18. The van der Waals surface area contributed by atoms with Gasteiger partial charge in [-0.1, -0.05) is 15.9 Å². The Morgan fingerprint density at radius 3 is 2.83 bits per heavy atom. The molecular formula is C7H5BrFNO2. The number of halogens is 2. The molecule has 0 aliphatic rings. The Hall–Kier alpha value is -0.970. The lowest BCUT2D eigenvalue weighted by molar-refractivity contribution is -0.385. The molecule has 0 spiro atoms. The van der Waals surface area contributed by atoms with Crippen LogP contribution >= 0.6 is 15.9 Å². The first kappa shape index (κ1) is 5.64. The molecule has 0 radical (unpaired) electrons. The summed E-state index contributed by atoms with van der Waals surface area (Å²) in [4.78, 5) is 9.55. The Balaban J connectivity index is 3.41. The molecule has 0 bridgehead atoms. The van der Waals surface area contributed by atoms with E-state index in [9.17, 15) is 14.5 Å². The van der Waals surface area contributed by atoms with Gasteiger partial charge in [-0.2, -0.15) is 0 Å². The van der Waals surface area contributed by atoms with Crippen LogP contribution < -0.4 is 0 Å². The van der Waals surface area contributed by atoms with Crippen molar-refractivity contribution in [3.8, 4) is 0 Å². The summed E-state index contributed by atoms with van der Waals surface area (Å²) < 4.78 is 34.2. The van der Waals surface area contributed by atoms with Gasteiger partial charge in [-0.3, -0.25) is 10.1 Å². The molecule has 0 aliphatic carbocycles. The number of benzene rings is 1. The van der Waals surface area contributed by atoms with Gasteiger partial charge in [0.2, 0.25) is 0 Å². The van der Waals surface area contributed by atoms with Crippen molar-refractivity contribution in [2.75, 3.05) is 0 Å². The van der Waals surface area contributed by atoms with Gasteiger partial charge in [0.1, 0.15) is 5.82 Å². The minimum atomic E-state index is -2.64. The number of nitro benzene ring substituents is 1. The van der Waals surface area contributed by atoms with Crippen molar-refractivity contribution in [2.24, 2.45) is 0 Å². The zero-order valence-electron chi connectivity index (χ0n) is 8.67. The van der Waals surface area contributed by atoms with Crippen molar-refractivity contribution in [1.82, 2.24) is 0 Å². The number of hydrogen-bond acceptors (Lipinski definition) is 2. The van der Waals surface area contributed by atoms with Gasteiger partial charge in [0.05, 0.1) is 11.0 Å². The van der Waals surface area contributed by atoms with E-state index in [1.807, 2.05) is 0 Å². The quantitative estimate of drug-likeness (QED) is 0.556. The van der Waals surface area contributed by atoms with Crippen LogP contribution in [0.25, 0.3) is 0 Å². The number of nitro groups is 1. The van der Waals surface area contributed by atoms with Crippen LogP contribution in [0, 0.1) is 22.8 Å². The van der Waals surface area contributed by atoms with E-state index in [2.05, 4.69) is 15.9 Å². The monoisotopic (exact) mass is 236 g/mol. The molecule has 0 atom stereocenters. The van der Waals surface area contributed by atoms with Crippen molar-refractivity contribution >= 4 is 21.6 Å². The van der Waals surface area contributed by atoms with Crippen molar-refractivity contribution in [2.45, 2.75) is 6.85 Å². The van der Waals surface area contributed by atoms with E-state index in [4.69, 9.17) is 4.11 Å². The molecule has 0 saturated carbocycles. The van der Waals surface area contributed by atoms with Gasteiger partial charge in [0.25, 0.3) is 5.69 Å². The van der Waals surface area contributed by atoms with Crippen molar-refractivity contribution < 1.29 is 13.4 Å². The smallest absolute Gasteiger partial charge is 0.258 e. The fourth-order valence-corrected chi connectivity index (χ4v) is 1.09. The molecule has 0 fully saturated rings. The van der Waals surface area contributed by atoms with Crippen molar-refractivity contribution in [1.29, 1.82) is 0 Å². The molecule has 0 amide bonds. The second-order valence-corrected chi connectivity index (χ2v) is 2.90. The first-order chi connectivity index (χ1) is 6.73.